The Kier molecular flexibility index (Phi) is 2.72. The summed E-state index contributed by atoms with van der Waals surface area (Å²) in [5.41, 5.74) is 0.625. The number of anilines is 1. The Morgan fingerprint density at radius 2 is 2.40 bits per heavy atom. The zero-order valence-electron chi connectivity index (χ0n) is 8.58. The molecular formula is C8H12N6O. The van der Waals surface area contributed by atoms with Crippen LogP contribution in [0.1, 0.15) is 6.92 Å². The zero-order valence-corrected chi connectivity index (χ0v) is 8.58. The molecule has 15 heavy (non-hydrogen) atoms. The van der Waals surface area contributed by atoms with Gasteiger partial charge in [-0.3, -0.25) is 0 Å². The molecule has 2 rings (SSSR count). The van der Waals surface area contributed by atoms with Crippen molar-refractivity contribution in [2.24, 2.45) is 0 Å². The molecule has 7 nitrogen and oxygen atoms in total. The van der Waals surface area contributed by atoms with Crippen molar-refractivity contribution < 1.29 is 4.74 Å². The molecule has 0 aliphatic heterocycles. The van der Waals surface area contributed by atoms with E-state index in [1.807, 2.05) is 13.0 Å². The summed E-state index contributed by atoms with van der Waals surface area (Å²) in [7, 11) is 1.66. The van der Waals surface area contributed by atoms with Gasteiger partial charge < -0.3 is 10.1 Å². The van der Waals surface area contributed by atoms with Gasteiger partial charge in [0.15, 0.2) is 5.65 Å². The summed E-state index contributed by atoms with van der Waals surface area (Å²) in [6.45, 7) is 2.63. The van der Waals surface area contributed by atoms with Crippen LogP contribution in [0.2, 0.25) is 0 Å². The molecule has 0 amide bonds. The van der Waals surface area contributed by atoms with Crippen LogP contribution in [-0.2, 0) is 4.74 Å². The van der Waals surface area contributed by atoms with Crippen LogP contribution in [0, 0.1) is 0 Å². The quantitative estimate of drug-likeness (QED) is 0.760. The molecule has 0 bridgehead atoms. The SMILES string of the molecule is COCC(C)Nc1ccc2nnnn2n1. The molecule has 0 radical (unpaired) electrons. The molecule has 1 N–H and O–H groups in total. The Bertz CT molecular complexity index is 441. The Balaban J connectivity index is 2.14. The number of aromatic nitrogens is 5. The van der Waals surface area contributed by atoms with Gasteiger partial charge in [-0.1, -0.05) is 0 Å². The highest BCUT2D eigenvalue weighted by Crippen LogP contribution is 2.04. The van der Waals surface area contributed by atoms with Crippen molar-refractivity contribution in [3.05, 3.63) is 12.1 Å². The second-order valence-electron chi connectivity index (χ2n) is 3.25. The Morgan fingerprint density at radius 3 is 3.20 bits per heavy atom. The monoisotopic (exact) mass is 208 g/mol. The van der Waals surface area contributed by atoms with E-state index in [-0.39, 0.29) is 6.04 Å². The topological polar surface area (TPSA) is 77.2 Å². The lowest BCUT2D eigenvalue weighted by atomic mass is 10.3. The molecule has 7 heteroatoms. The molecule has 1 unspecified atom stereocenters. The molecule has 1 atom stereocenters. The second-order valence-corrected chi connectivity index (χ2v) is 3.25. The number of hydrogen-bond acceptors (Lipinski definition) is 6. The summed E-state index contributed by atoms with van der Waals surface area (Å²) in [6.07, 6.45) is 0. The van der Waals surface area contributed by atoms with E-state index >= 15 is 0 Å². The number of nitrogens with zero attached hydrogens (tertiary/aromatic N) is 5. The summed E-state index contributed by atoms with van der Waals surface area (Å²) < 4.78 is 6.39. The van der Waals surface area contributed by atoms with E-state index < -0.39 is 0 Å². The van der Waals surface area contributed by atoms with E-state index in [1.165, 1.54) is 4.63 Å². The van der Waals surface area contributed by atoms with Gasteiger partial charge in [0.2, 0.25) is 0 Å². The standard InChI is InChI=1S/C8H12N6O/c1-6(5-15-2)9-7-3-4-8-10-12-13-14(8)11-7/h3-4,6H,5H2,1-2H3,(H,9,11). The lowest BCUT2D eigenvalue weighted by molar-refractivity contribution is 0.190. The summed E-state index contributed by atoms with van der Waals surface area (Å²) in [4.78, 5) is 0. The predicted octanol–water partition coefficient (Wildman–Crippen LogP) is -0.0339. The van der Waals surface area contributed by atoms with Gasteiger partial charge in [-0.25, -0.2) is 0 Å². The number of nitrogens with one attached hydrogen (secondary N) is 1. The molecule has 2 aromatic rings. The van der Waals surface area contributed by atoms with Crippen LogP contribution in [0.4, 0.5) is 5.82 Å². The lowest BCUT2D eigenvalue weighted by Crippen LogP contribution is -2.21. The number of fused-ring (bicyclic) bond motifs is 1. The van der Waals surface area contributed by atoms with Gasteiger partial charge in [-0.2, -0.15) is 0 Å². The lowest BCUT2D eigenvalue weighted by Gasteiger charge is -2.12. The third-order valence-corrected chi connectivity index (χ3v) is 1.88. The van der Waals surface area contributed by atoms with Crippen LogP contribution in [0.25, 0.3) is 5.65 Å². The fraction of sp³-hybridized carbons (Fsp3) is 0.500. The molecule has 0 saturated heterocycles. The highest BCUT2D eigenvalue weighted by Gasteiger charge is 2.04. The van der Waals surface area contributed by atoms with E-state index in [0.29, 0.717) is 12.3 Å². The van der Waals surface area contributed by atoms with Gasteiger partial charge in [0.1, 0.15) is 5.82 Å². The smallest absolute Gasteiger partial charge is 0.200 e. The van der Waals surface area contributed by atoms with Crippen molar-refractivity contribution in [1.82, 2.24) is 25.3 Å². The largest absolute Gasteiger partial charge is 0.383 e. The number of ether oxygens (including phenoxy) is 1. The van der Waals surface area contributed by atoms with Crippen molar-refractivity contribution in [2.45, 2.75) is 13.0 Å². The van der Waals surface area contributed by atoms with Gasteiger partial charge in [-0.05, 0) is 29.5 Å². The second kappa shape index (κ2) is 4.18. The number of hydrogen-bond donors (Lipinski definition) is 1. The van der Waals surface area contributed by atoms with Crippen LogP contribution < -0.4 is 5.32 Å². The molecule has 0 aliphatic carbocycles. The third-order valence-electron chi connectivity index (χ3n) is 1.88. The molecule has 0 fully saturated rings. The van der Waals surface area contributed by atoms with E-state index in [4.69, 9.17) is 4.74 Å². The molecule has 0 saturated carbocycles. The fourth-order valence-electron chi connectivity index (χ4n) is 1.27. The van der Waals surface area contributed by atoms with Crippen molar-refractivity contribution in [1.29, 1.82) is 0 Å². The first-order valence-electron chi connectivity index (χ1n) is 4.60. The minimum absolute atomic E-state index is 0.191. The Hall–Kier alpha value is -1.76. The molecule has 0 spiro atoms. The average molecular weight is 208 g/mol. The van der Waals surface area contributed by atoms with Crippen LogP contribution >= 0.6 is 0 Å². The van der Waals surface area contributed by atoms with Gasteiger partial charge in [0.05, 0.1) is 6.61 Å². The minimum Gasteiger partial charge on any atom is -0.383 e. The van der Waals surface area contributed by atoms with Gasteiger partial charge in [-0.15, -0.1) is 14.8 Å². The molecule has 2 aromatic heterocycles. The van der Waals surface area contributed by atoms with Crippen LogP contribution in [0.3, 0.4) is 0 Å². The van der Waals surface area contributed by atoms with E-state index in [2.05, 4.69) is 25.9 Å². The van der Waals surface area contributed by atoms with Crippen molar-refractivity contribution in [2.75, 3.05) is 19.0 Å². The van der Waals surface area contributed by atoms with Crippen LogP contribution in [0.15, 0.2) is 12.1 Å². The predicted molar refractivity (Wildman–Crippen MR) is 53.5 cm³/mol. The normalized spacial score (nSPS) is 12.9. The molecule has 2 heterocycles. The van der Waals surface area contributed by atoms with Crippen LogP contribution in [-0.4, -0.2) is 45.0 Å². The third kappa shape index (κ3) is 2.18. The highest BCUT2D eigenvalue weighted by atomic mass is 16.5. The van der Waals surface area contributed by atoms with Crippen molar-refractivity contribution in [3.8, 4) is 0 Å². The van der Waals surface area contributed by atoms with Crippen molar-refractivity contribution in [3.63, 3.8) is 0 Å². The van der Waals surface area contributed by atoms with Gasteiger partial charge in [0, 0.05) is 13.2 Å². The number of rotatable bonds is 4. The Morgan fingerprint density at radius 1 is 1.53 bits per heavy atom. The molecule has 0 aromatic carbocycles. The van der Waals surface area contributed by atoms with E-state index in [1.54, 1.807) is 13.2 Å². The maximum absolute atomic E-state index is 5.01. The van der Waals surface area contributed by atoms with E-state index in [9.17, 15) is 0 Å². The van der Waals surface area contributed by atoms with Crippen molar-refractivity contribution >= 4 is 11.5 Å². The minimum atomic E-state index is 0.191. The first-order chi connectivity index (χ1) is 7.29. The average Bonchev–Trinajstić information content (AvgIpc) is 2.65. The molecule has 80 valence electrons. The summed E-state index contributed by atoms with van der Waals surface area (Å²) in [6, 6.07) is 3.82. The fourth-order valence-corrected chi connectivity index (χ4v) is 1.27. The highest BCUT2D eigenvalue weighted by molar-refractivity contribution is 5.42. The Labute approximate surface area is 86.4 Å². The number of methoxy groups -OCH3 is 1. The maximum atomic E-state index is 5.01. The van der Waals surface area contributed by atoms with Gasteiger partial charge >= 0.3 is 0 Å². The maximum Gasteiger partial charge on any atom is 0.200 e. The molecule has 0 aliphatic rings. The summed E-state index contributed by atoms with van der Waals surface area (Å²) in [5.74, 6) is 0.722. The summed E-state index contributed by atoms with van der Waals surface area (Å²) in [5, 5.41) is 18.3. The first-order valence-corrected chi connectivity index (χ1v) is 4.60. The van der Waals surface area contributed by atoms with Crippen LogP contribution in [0.5, 0.6) is 0 Å². The summed E-state index contributed by atoms with van der Waals surface area (Å²) >= 11 is 0. The van der Waals surface area contributed by atoms with Gasteiger partial charge in [0.25, 0.3) is 0 Å². The number of tetrazole rings is 1. The first kappa shape index (κ1) is 9.78. The molecular weight excluding hydrogens is 196 g/mol. The van der Waals surface area contributed by atoms with E-state index in [0.717, 1.165) is 5.82 Å². The zero-order chi connectivity index (χ0) is 10.7.